The third-order valence-corrected chi connectivity index (χ3v) is 8.27. The summed E-state index contributed by atoms with van der Waals surface area (Å²) in [5.74, 6) is -0.197. The van der Waals surface area contributed by atoms with Gasteiger partial charge in [0.05, 0.1) is 5.69 Å². The minimum absolute atomic E-state index is 0.0291. The summed E-state index contributed by atoms with van der Waals surface area (Å²) < 4.78 is 28.6. The van der Waals surface area contributed by atoms with Gasteiger partial charge >= 0.3 is 0 Å². The Hall–Kier alpha value is -2.56. The van der Waals surface area contributed by atoms with Crippen molar-refractivity contribution in [2.75, 3.05) is 13.1 Å². The summed E-state index contributed by atoms with van der Waals surface area (Å²) in [5.41, 5.74) is 1.89. The van der Waals surface area contributed by atoms with Crippen molar-refractivity contribution in [1.29, 1.82) is 0 Å². The van der Waals surface area contributed by atoms with Crippen LogP contribution in [0.4, 0.5) is 0 Å². The number of carbonyl (C=O) groups excluding carboxylic acids is 1. The third-order valence-electron chi connectivity index (χ3n) is 5.00. The summed E-state index contributed by atoms with van der Waals surface area (Å²) in [7, 11) is -3.44. The van der Waals surface area contributed by atoms with Crippen LogP contribution in [0.3, 0.4) is 0 Å². The van der Waals surface area contributed by atoms with Gasteiger partial charge in [-0.2, -0.15) is 9.40 Å². The van der Waals surface area contributed by atoms with Crippen LogP contribution in [-0.2, 0) is 21.4 Å². The standard InChI is InChI=1S/C19H21N5O3S2/c25-19(21-12-15-3-5-17(6-4-15)24-14-20-13-22-24)16-7-9-23(10-8-16)29(26,27)18-2-1-11-28-18/h1-6,11,13-14,16H,7-10,12H2,(H,21,25). The number of rotatable bonds is 6. The van der Waals surface area contributed by atoms with Crippen molar-refractivity contribution >= 4 is 27.3 Å². The van der Waals surface area contributed by atoms with Crippen LogP contribution in [0.2, 0.25) is 0 Å². The zero-order valence-electron chi connectivity index (χ0n) is 15.6. The highest BCUT2D eigenvalue weighted by molar-refractivity contribution is 7.91. The van der Waals surface area contributed by atoms with Crippen molar-refractivity contribution in [3.63, 3.8) is 0 Å². The molecule has 1 N–H and O–H groups in total. The molecule has 0 aliphatic carbocycles. The Morgan fingerprint density at radius 1 is 1.17 bits per heavy atom. The zero-order chi connectivity index (χ0) is 20.3. The largest absolute Gasteiger partial charge is 0.352 e. The molecule has 1 saturated heterocycles. The van der Waals surface area contributed by atoms with Crippen LogP contribution in [0.5, 0.6) is 0 Å². The average molecular weight is 432 g/mol. The lowest BCUT2D eigenvalue weighted by molar-refractivity contribution is -0.126. The number of thiophene rings is 1. The Bertz CT molecular complexity index is 1040. The Balaban J connectivity index is 1.28. The van der Waals surface area contributed by atoms with Crippen molar-refractivity contribution in [3.05, 3.63) is 60.0 Å². The van der Waals surface area contributed by atoms with Crippen molar-refractivity contribution in [2.24, 2.45) is 5.92 Å². The minimum atomic E-state index is -3.44. The number of carbonyl (C=O) groups is 1. The first kappa shape index (κ1) is 19.7. The normalized spacial score (nSPS) is 16.0. The fourth-order valence-corrected chi connectivity index (χ4v) is 5.95. The molecule has 0 atom stereocenters. The highest BCUT2D eigenvalue weighted by Gasteiger charge is 2.32. The van der Waals surface area contributed by atoms with E-state index in [4.69, 9.17) is 0 Å². The Kier molecular flexibility index (Phi) is 5.74. The van der Waals surface area contributed by atoms with E-state index in [1.54, 1.807) is 28.5 Å². The summed E-state index contributed by atoms with van der Waals surface area (Å²) in [5, 5.41) is 8.80. The van der Waals surface area contributed by atoms with Crippen LogP contribution in [0, 0.1) is 5.92 Å². The lowest BCUT2D eigenvalue weighted by Gasteiger charge is -2.30. The van der Waals surface area contributed by atoms with E-state index in [1.165, 1.54) is 22.0 Å². The van der Waals surface area contributed by atoms with Crippen LogP contribution in [0.15, 0.2) is 58.6 Å². The van der Waals surface area contributed by atoms with E-state index in [9.17, 15) is 13.2 Å². The summed E-state index contributed by atoms with van der Waals surface area (Å²) >= 11 is 1.22. The molecule has 3 aromatic rings. The van der Waals surface area contributed by atoms with E-state index in [0.717, 1.165) is 11.3 Å². The molecule has 0 spiro atoms. The Labute approximate surface area is 173 Å². The van der Waals surface area contributed by atoms with Crippen LogP contribution >= 0.6 is 11.3 Å². The van der Waals surface area contributed by atoms with Crippen molar-refractivity contribution < 1.29 is 13.2 Å². The van der Waals surface area contributed by atoms with Gasteiger partial charge in [-0.05, 0) is 42.0 Å². The molecular formula is C19H21N5O3S2. The summed E-state index contributed by atoms with van der Waals surface area (Å²) in [6.45, 7) is 1.17. The molecule has 10 heteroatoms. The second-order valence-electron chi connectivity index (χ2n) is 6.83. The molecule has 0 unspecified atom stereocenters. The first-order valence-corrected chi connectivity index (χ1v) is 11.6. The molecule has 0 saturated carbocycles. The maximum atomic E-state index is 12.6. The fourth-order valence-electron chi connectivity index (χ4n) is 3.34. The first-order valence-electron chi connectivity index (χ1n) is 9.29. The van der Waals surface area contributed by atoms with Gasteiger partial charge in [-0.25, -0.2) is 18.1 Å². The number of aromatic nitrogens is 3. The number of sulfonamides is 1. The van der Waals surface area contributed by atoms with E-state index in [0.29, 0.717) is 36.7 Å². The molecule has 1 amide bonds. The highest BCUT2D eigenvalue weighted by Crippen LogP contribution is 2.26. The van der Waals surface area contributed by atoms with Gasteiger partial charge in [0.2, 0.25) is 5.91 Å². The Morgan fingerprint density at radius 2 is 1.93 bits per heavy atom. The second-order valence-corrected chi connectivity index (χ2v) is 9.95. The number of piperidine rings is 1. The molecule has 4 rings (SSSR count). The second kappa shape index (κ2) is 8.44. The lowest BCUT2D eigenvalue weighted by Crippen LogP contribution is -2.42. The molecule has 8 nitrogen and oxygen atoms in total. The van der Waals surface area contributed by atoms with Gasteiger partial charge in [-0.1, -0.05) is 18.2 Å². The van der Waals surface area contributed by atoms with Gasteiger partial charge in [0, 0.05) is 25.6 Å². The van der Waals surface area contributed by atoms with Gasteiger partial charge in [-0.3, -0.25) is 4.79 Å². The molecule has 1 fully saturated rings. The topological polar surface area (TPSA) is 97.2 Å². The monoisotopic (exact) mass is 431 g/mol. The van der Waals surface area contributed by atoms with E-state index >= 15 is 0 Å². The summed E-state index contributed by atoms with van der Waals surface area (Å²) in [4.78, 5) is 16.4. The predicted octanol–water partition coefficient (Wildman–Crippen LogP) is 2.05. The molecular weight excluding hydrogens is 410 g/mol. The van der Waals surface area contributed by atoms with Gasteiger partial charge in [0.25, 0.3) is 10.0 Å². The molecule has 2 aromatic heterocycles. The average Bonchev–Trinajstić information content (AvgIpc) is 3.47. The van der Waals surface area contributed by atoms with Gasteiger partial charge in [-0.15, -0.1) is 11.3 Å². The van der Waals surface area contributed by atoms with Gasteiger partial charge in [0.1, 0.15) is 16.9 Å². The lowest BCUT2D eigenvalue weighted by atomic mass is 9.97. The van der Waals surface area contributed by atoms with E-state index in [2.05, 4.69) is 15.4 Å². The first-order chi connectivity index (χ1) is 14.0. The molecule has 0 radical (unpaired) electrons. The third kappa shape index (κ3) is 4.39. The molecule has 1 aliphatic heterocycles. The predicted molar refractivity (Wildman–Crippen MR) is 109 cm³/mol. The van der Waals surface area contributed by atoms with Crippen molar-refractivity contribution in [1.82, 2.24) is 24.4 Å². The molecule has 0 bridgehead atoms. The fraction of sp³-hybridized carbons (Fsp3) is 0.316. The van der Waals surface area contributed by atoms with Gasteiger partial charge < -0.3 is 5.32 Å². The maximum absolute atomic E-state index is 12.6. The van der Waals surface area contributed by atoms with Gasteiger partial charge in [0.15, 0.2) is 0 Å². The van der Waals surface area contributed by atoms with Crippen molar-refractivity contribution in [3.8, 4) is 5.69 Å². The number of nitrogens with one attached hydrogen (secondary N) is 1. The van der Waals surface area contributed by atoms with Crippen molar-refractivity contribution in [2.45, 2.75) is 23.6 Å². The SMILES string of the molecule is O=C(NCc1ccc(-n2cncn2)cc1)C1CCN(S(=O)(=O)c2cccs2)CC1. The minimum Gasteiger partial charge on any atom is -0.352 e. The summed E-state index contributed by atoms with van der Waals surface area (Å²) in [6.07, 6.45) is 4.16. The highest BCUT2D eigenvalue weighted by atomic mass is 32.2. The molecule has 3 heterocycles. The van der Waals surface area contributed by atoms with Crippen LogP contribution in [0.25, 0.3) is 5.69 Å². The summed E-state index contributed by atoms with van der Waals surface area (Å²) in [6, 6.07) is 11.1. The Morgan fingerprint density at radius 3 is 2.55 bits per heavy atom. The molecule has 1 aromatic carbocycles. The molecule has 29 heavy (non-hydrogen) atoms. The quantitative estimate of drug-likeness (QED) is 0.644. The number of nitrogens with zero attached hydrogens (tertiary/aromatic N) is 4. The number of amides is 1. The van der Waals surface area contributed by atoms with Crippen LogP contribution in [-0.4, -0.2) is 46.5 Å². The maximum Gasteiger partial charge on any atom is 0.252 e. The van der Waals surface area contributed by atoms with Crippen LogP contribution in [0.1, 0.15) is 18.4 Å². The van der Waals surface area contributed by atoms with E-state index in [-0.39, 0.29) is 11.8 Å². The smallest absolute Gasteiger partial charge is 0.252 e. The van der Waals surface area contributed by atoms with E-state index in [1.807, 2.05) is 24.3 Å². The molecule has 152 valence electrons. The zero-order valence-corrected chi connectivity index (χ0v) is 17.3. The number of hydrogen-bond acceptors (Lipinski definition) is 6. The number of hydrogen-bond donors (Lipinski definition) is 1. The van der Waals surface area contributed by atoms with E-state index < -0.39 is 10.0 Å². The van der Waals surface area contributed by atoms with Crippen LogP contribution < -0.4 is 5.32 Å². The number of benzene rings is 1. The molecule has 1 aliphatic rings.